The lowest BCUT2D eigenvalue weighted by Crippen LogP contribution is -2.33. The molecule has 1 N–H and O–H groups in total. The molecule has 0 aliphatic heterocycles. The molecule has 0 saturated carbocycles. The Morgan fingerprint density at radius 2 is 1.48 bits per heavy atom. The molecule has 0 aliphatic carbocycles. The highest BCUT2D eigenvalue weighted by Crippen LogP contribution is 2.29. The van der Waals surface area contributed by atoms with Crippen molar-refractivity contribution in [3.8, 4) is 11.5 Å². The average Bonchev–Trinajstić information content (AvgIpc) is 2.51. The summed E-state index contributed by atoms with van der Waals surface area (Å²) in [5.41, 5.74) is 0.896. The Balaban J connectivity index is 2.13. The van der Waals surface area contributed by atoms with Crippen LogP contribution in [-0.2, 0) is 9.47 Å². The smallest absolute Gasteiger partial charge is 0.176 e. The minimum atomic E-state index is -0.324. The lowest BCUT2D eigenvalue weighted by Gasteiger charge is -2.24. The summed E-state index contributed by atoms with van der Waals surface area (Å²) in [4.78, 5) is 0. The second-order valence-electron chi connectivity index (χ2n) is 4.68. The SMILES string of the molecule is COC(OC)C(C)Nc1ccccc1Oc1ccccc1. The third-order valence-electron chi connectivity index (χ3n) is 3.11. The topological polar surface area (TPSA) is 39.7 Å². The number of hydrogen-bond donors (Lipinski definition) is 1. The third kappa shape index (κ3) is 4.21. The maximum atomic E-state index is 5.91. The van der Waals surface area contributed by atoms with Gasteiger partial charge in [-0.3, -0.25) is 0 Å². The molecule has 112 valence electrons. The number of methoxy groups -OCH3 is 2. The lowest BCUT2D eigenvalue weighted by atomic mass is 10.2. The molecule has 0 radical (unpaired) electrons. The third-order valence-corrected chi connectivity index (χ3v) is 3.11. The van der Waals surface area contributed by atoms with Crippen LogP contribution in [0.15, 0.2) is 54.6 Å². The van der Waals surface area contributed by atoms with Gasteiger partial charge in [-0.1, -0.05) is 30.3 Å². The first-order chi connectivity index (χ1) is 10.2. The Kier molecular flexibility index (Phi) is 5.60. The van der Waals surface area contributed by atoms with Crippen LogP contribution >= 0.6 is 0 Å². The van der Waals surface area contributed by atoms with E-state index in [0.29, 0.717) is 0 Å². The molecule has 21 heavy (non-hydrogen) atoms. The molecule has 0 aliphatic rings. The summed E-state index contributed by atoms with van der Waals surface area (Å²) in [7, 11) is 3.25. The lowest BCUT2D eigenvalue weighted by molar-refractivity contribution is -0.109. The fourth-order valence-corrected chi connectivity index (χ4v) is 2.11. The van der Waals surface area contributed by atoms with E-state index in [9.17, 15) is 0 Å². The molecule has 1 atom stereocenters. The van der Waals surface area contributed by atoms with Crippen molar-refractivity contribution in [2.24, 2.45) is 0 Å². The molecule has 0 bridgehead atoms. The zero-order valence-electron chi connectivity index (χ0n) is 12.6. The van der Waals surface area contributed by atoms with E-state index in [0.717, 1.165) is 17.2 Å². The van der Waals surface area contributed by atoms with Crippen molar-refractivity contribution in [2.45, 2.75) is 19.3 Å². The Labute approximate surface area is 125 Å². The fraction of sp³-hybridized carbons (Fsp3) is 0.294. The first-order valence-corrected chi connectivity index (χ1v) is 6.88. The van der Waals surface area contributed by atoms with Crippen molar-refractivity contribution in [2.75, 3.05) is 19.5 Å². The Morgan fingerprint density at radius 3 is 2.14 bits per heavy atom. The summed E-state index contributed by atoms with van der Waals surface area (Å²) in [5.74, 6) is 1.57. The maximum absolute atomic E-state index is 5.91. The van der Waals surface area contributed by atoms with Gasteiger partial charge in [0.1, 0.15) is 5.75 Å². The normalized spacial score (nSPS) is 12.2. The summed E-state index contributed by atoms with van der Waals surface area (Å²) in [6, 6.07) is 17.5. The Hall–Kier alpha value is -2.04. The van der Waals surface area contributed by atoms with Gasteiger partial charge in [-0.25, -0.2) is 0 Å². The zero-order valence-corrected chi connectivity index (χ0v) is 12.6. The number of benzene rings is 2. The highest BCUT2D eigenvalue weighted by Gasteiger charge is 2.17. The molecule has 0 fully saturated rings. The second-order valence-corrected chi connectivity index (χ2v) is 4.68. The monoisotopic (exact) mass is 287 g/mol. The molecular formula is C17H21NO3. The van der Waals surface area contributed by atoms with Crippen LogP contribution in [0.5, 0.6) is 11.5 Å². The predicted octanol–water partition coefficient (Wildman–Crippen LogP) is 3.90. The molecule has 2 aromatic carbocycles. The van der Waals surface area contributed by atoms with Crippen LogP contribution in [0.1, 0.15) is 6.92 Å². The van der Waals surface area contributed by atoms with E-state index in [1.165, 1.54) is 0 Å². The van der Waals surface area contributed by atoms with Crippen LogP contribution in [0.3, 0.4) is 0 Å². The highest BCUT2D eigenvalue weighted by molar-refractivity contribution is 5.58. The number of para-hydroxylation sites is 3. The van der Waals surface area contributed by atoms with E-state index in [1.54, 1.807) is 14.2 Å². The molecule has 0 heterocycles. The van der Waals surface area contributed by atoms with Gasteiger partial charge >= 0.3 is 0 Å². The summed E-state index contributed by atoms with van der Waals surface area (Å²) >= 11 is 0. The number of rotatable bonds is 7. The van der Waals surface area contributed by atoms with Gasteiger partial charge in [0.15, 0.2) is 12.0 Å². The second kappa shape index (κ2) is 7.67. The summed E-state index contributed by atoms with van der Waals surface area (Å²) < 4.78 is 16.4. The largest absolute Gasteiger partial charge is 0.455 e. The van der Waals surface area contributed by atoms with Gasteiger partial charge in [0, 0.05) is 14.2 Å². The number of nitrogens with one attached hydrogen (secondary N) is 1. The highest BCUT2D eigenvalue weighted by atomic mass is 16.7. The molecule has 2 aromatic rings. The first-order valence-electron chi connectivity index (χ1n) is 6.88. The minimum Gasteiger partial charge on any atom is -0.455 e. The Bertz CT molecular complexity index is 541. The van der Waals surface area contributed by atoms with Crippen LogP contribution in [0.4, 0.5) is 5.69 Å². The van der Waals surface area contributed by atoms with Gasteiger partial charge in [0.25, 0.3) is 0 Å². The zero-order chi connectivity index (χ0) is 15.1. The molecule has 4 heteroatoms. The average molecular weight is 287 g/mol. The van der Waals surface area contributed by atoms with E-state index < -0.39 is 0 Å². The summed E-state index contributed by atoms with van der Waals surface area (Å²) in [5, 5.41) is 3.36. The molecule has 2 rings (SSSR count). The molecule has 0 spiro atoms. The van der Waals surface area contributed by atoms with Crippen LogP contribution in [0.25, 0.3) is 0 Å². The quantitative estimate of drug-likeness (QED) is 0.784. The van der Waals surface area contributed by atoms with Gasteiger partial charge in [0.2, 0.25) is 0 Å². The van der Waals surface area contributed by atoms with E-state index in [2.05, 4.69) is 5.32 Å². The van der Waals surface area contributed by atoms with Crippen molar-refractivity contribution in [3.63, 3.8) is 0 Å². The fourth-order valence-electron chi connectivity index (χ4n) is 2.11. The molecule has 4 nitrogen and oxygen atoms in total. The van der Waals surface area contributed by atoms with Gasteiger partial charge < -0.3 is 19.5 Å². The number of anilines is 1. The Morgan fingerprint density at radius 1 is 0.857 bits per heavy atom. The van der Waals surface area contributed by atoms with E-state index in [1.807, 2.05) is 61.5 Å². The van der Waals surface area contributed by atoms with Crippen LogP contribution in [-0.4, -0.2) is 26.6 Å². The summed E-state index contributed by atoms with van der Waals surface area (Å²) in [6.45, 7) is 2.00. The molecule has 1 unspecified atom stereocenters. The predicted molar refractivity (Wildman–Crippen MR) is 83.8 cm³/mol. The molecule has 0 saturated heterocycles. The van der Waals surface area contributed by atoms with Crippen molar-refractivity contribution < 1.29 is 14.2 Å². The van der Waals surface area contributed by atoms with Crippen LogP contribution in [0, 0.1) is 0 Å². The number of hydrogen-bond acceptors (Lipinski definition) is 4. The van der Waals surface area contributed by atoms with Crippen molar-refractivity contribution in [1.82, 2.24) is 0 Å². The molecule has 0 amide bonds. The van der Waals surface area contributed by atoms with E-state index in [-0.39, 0.29) is 12.3 Å². The van der Waals surface area contributed by atoms with Crippen LogP contribution in [0.2, 0.25) is 0 Å². The van der Waals surface area contributed by atoms with Gasteiger partial charge in [-0.15, -0.1) is 0 Å². The van der Waals surface area contributed by atoms with Crippen molar-refractivity contribution in [3.05, 3.63) is 54.6 Å². The minimum absolute atomic E-state index is 0.0134. The summed E-state index contributed by atoms with van der Waals surface area (Å²) in [6.07, 6.45) is -0.324. The van der Waals surface area contributed by atoms with Crippen molar-refractivity contribution in [1.29, 1.82) is 0 Å². The maximum Gasteiger partial charge on any atom is 0.176 e. The van der Waals surface area contributed by atoms with Gasteiger partial charge in [0.05, 0.1) is 11.7 Å². The molecule has 0 aromatic heterocycles. The molecular weight excluding hydrogens is 266 g/mol. The van der Waals surface area contributed by atoms with E-state index >= 15 is 0 Å². The van der Waals surface area contributed by atoms with Crippen LogP contribution < -0.4 is 10.1 Å². The van der Waals surface area contributed by atoms with Gasteiger partial charge in [-0.2, -0.15) is 0 Å². The van der Waals surface area contributed by atoms with Crippen molar-refractivity contribution >= 4 is 5.69 Å². The van der Waals surface area contributed by atoms with Gasteiger partial charge in [-0.05, 0) is 31.2 Å². The standard InChI is InChI=1S/C17H21NO3/c1-13(17(19-2)20-3)18-15-11-7-8-12-16(15)21-14-9-5-4-6-10-14/h4-13,17-18H,1-3H3. The number of ether oxygens (including phenoxy) is 3. The van der Waals surface area contributed by atoms with E-state index in [4.69, 9.17) is 14.2 Å². The first kappa shape index (κ1) is 15.4.